The number of ether oxygens (including phenoxy) is 2. The first kappa shape index (κ1) is 22.7. The van der Waals surface area contributed by atoms with Crippen molar-refractivity contribution in [1.29, 1.82) is 0 Å². The van der Waals surface area contributed by atoms with Gasteiger partial charge in [0.1, 0.15) is 17.1 Å². The highest BCUT2D eigenvalue weighted by Crippen LogP contribution is 2.47. The molecule has 0 bridgehead atoms. The number of hydrogen-bond acceptors (Lipinski definition) is 4. The second-order valence-corrected chi connectivity index (χ2v) is 8.83. The molecule has 0 unspecified atom stereocenters. The van der Waals surface area contributed by atoms with E-state index in [1.54, 1.807) is 13.3 Å². The Morgan fingerprint density at radius 2 is 1.94 bits per heavy atom. The van der Waals surface area contributed by atoms with Crippen LogP contribution < -0.4 is 9.47 Å². The summed E-state index contributed by atoms with van der Waals surface area (Å²) in [5, 5.41) is 0. The van der Waals surface area contributed by atoms with Gasteiger partial charge in [-0.1, -0.05) is 37.3 Å². The van der Waals surface area contributed by atoms with Gasteiger partial charge in [-0.05, 0) is 83.9 Å². The van der Waals surface area contributed by atoms with Crippen molar-refractivity contribution >= 4 is 22.8 Å². The van der Waals surface area contributed by atoms with Crippen LogP contribution in [-0.2, 0) is 4.79 Å². The number of rotatable bonds is 7. The molecule has 0 amide bonds. The molecule has 0 saturated heterocycles. The summed E-state index contributed by atoms with van der Waals surface area (Å²) >= 11 is 0. The third kappa shape index (κ3) is 4.37. The third-order valence-corrected chi connectivity index (χ3v) is 6.72. The number of hydrogen-bond donors (Lipinski definition) is 0. The van der Waals surface area contributed by atoms with E-state index in [4.69, 9.17) is 9.47 Å². The van der Waals surface area contributed by atoms with Gasteiger partial charge in [-0.3, -0.25) is 0 Å². The largest absolute Gasteiger partial charge is 0.497 e. The molecule has 2 heterocycles. The van der Waals surface area contributed by atoms with Gasteiger partial charge in [-0.2, -0.15) is 0 Å². The topological polar surface area (TPSA) is 52.8 Å². The predicted octanol–water partition coefficient (Wildman–Crippen LogP) is 6.50. The lowest BCUT2D eigenvalue weighted by atomic mass is 9.72. The lowest BCUT2D eigenvalue weighted by Crippen LogP contribution is -2.16. The molecule has 0 atom stereocenters. The van der Waals surface area contributed by atoms with Gasteiger partial charge in [0.15, 0.2) is 0 Å². The fraction of sp³-hybridized carbons (Fsp3) is 0.200. The van der Waals surface area contributed by atoms with Crippen LogP contribution in [0.25, 0.3) is 16.8 Å². The number of para-hydroxylation sites is 1. The molecule has 2 aromatic heterocycles. The van der Waals surface area contributed by atoms with E-state index in [1.807, 2.05) is 47.0 Å². The van der Waals surface area contributed by atoms with E-state index < -0.39 is 5.97 Å². The maximum atomic E-state index is 12.2. The van der Waals surface area contributed by atoms with Crippen molar-refractivity contribution < 1.29 is 14.3 Å². The van der Waals surface area contributed by atoms with E-state index in [2.05, 4.69) is 42.9 Å². The second-order valence-electron chi connectivity index (χ2n) is 8.83. The van der Waals surface area contributed by atoms with Gasteiger partial charge in [-0.15, -0.1) is 0 Å². The Bertz CT molecular complexity index is 1440. The molecule has 0 spiro atoms. The number of imidazole rings is 1. The smallest absolute Gasteiger partial charge is 0.335 e. The molecule has 1 fully saturated rings. The number of esters is 1. The van der Waals surface area contributed by atoms with Crippen LogP contribution in [0.3, 0.4) is 0 Å². The van der Waals surface area contributed by atoms with Crippen LogP contribution >= 0.6 is 0 Å². The minimum absolute atomic E-state index is 0.402. The molecule has 0 radical (unpaired) electrons. The zero-order valence-electron chi connectivity index (χ0n) is 20.0. The first-order chi connectivity index (χ1) is 17.1. The number of fused-ring (bicyclic) bond motifs is 1. The van der Waals surface area contributed by atoms with Gasteiger partial charge >= 0.3 is 5.97 Å². The molecule has 176 valence electrons. The summed E-state index contributed by atoms with van der Waals surface area (Å²) in [4.78, 5) is 16.6. The SMILES string of the molecule is C=CC(=O)Oc1ccccc1/C(=C(\c1ccc(OC)cc1C)C1CCC1)c1ccc2nccn2c1. The molecule has 5 heteroatoms. The first-order valence-corrected chi connectivity index (χ1v) is 11.8. The Labute approximate surface area is 205 Å². The number of aromatic nitrogens is 2. The summed E-state index contributed by atoms with van der Waals surface area (Å²) in [5.41, 5.74) is 7.44. The van der Waals surface area contributed by atoms with E-state index in [1.165, 1.54) is 23.6 Å². The van der Waals surface area contributed by atoms with Crippen molar-refractivity contribution in [2.45, 2.75) is 26.2 Å². The number of allylic oxidation sites excluding steroid dienone is 1. The van der Waals surface area contributed by atoms with Crippen molar-refractivity contribution in [1.82, 2.24) is 9.38 Å². The maximum absolute atomic E-state index is 12.2. The van der Waals surface area contributed by atoms with E-state index in [0.717, 1.165) is 46.5 Å². The van der Waals surface area contributed by atoms with Gasteiger partial charge in [0.2, 0.25) is 0 Å². The summed E-state index contributed by atoms with van der Waals surface area (Å²) in [6.45, 7) is 5.69. The highest BCUT2D eigenvalue weighted by atomic mass is 16.5. The summed E-state index contributed by atoms with van der Waals surface area (Å²) in [5.74, 6) is 1.27. The van der Waals surface area contributed by atoms with Gasteiger partial charge in [0.25, 0.3) is 0 Å². The molecule has 1 aliphatic rings. The van der Waals surface area contributed by atoms with E-state index in [-0.39, 0.29) is 0 Å². The summed E-state index contributed by atoms with van der Waals surface area (Å²) in [6.07, 6.45) is 10.5. The van der Waals surface area contributed by atoms with Gasteiger partial charge in [-0.25, -0.2) is 9.78 Å². The molecule has 0 aliphatic heterocycles. The van der Waals surface area contributed by atoms with Crippen LogP contribution in [0.4, 0.5) is 0 Å². The van der Waals surface area contributed by atoms with E-state index >= 15 is 0 Å². The number of carbonyl (C=O) groups excluding carboxylic acids is 1. The maximum Gasteiger partial charge on any atom is 0.335 e. The number of carbonyl (C=O) groups is 1. The number of aryl methyl sites for hydroxylation is 1. The molecule has 1 saturated carbocycles. The Morgan fingerprint density at radius 1 is 1.11 bits per heavy atom. The standard InChI is InChI=1S/C30H28N2O3/c1-4-28(33)35-26-11-6-5-10-25(26)30(22-12-15-27-31-16-17-32(27)19-22)29(21-8-7-9-21)24-14-13-23(34-3)18-20(24)2/h4-6,10-19,21H,1,7-9H2,2-3H3/b30-29-. The lowest BCUT2D eigenvalue weighted by Gasteiger charge is -2.32. The fourth-order valence-electron chi connectivity index (χ4n) is 4.76. The van der Waals surface area contributed by atoms with E-state index in [0.29, 0.717) is 11.7 Å². The molecule has 5 rings (SSSR count). The zero-order valence-corrected chi connectivity index (χ0v) is 20.0. The van der Waals surface area contributed by atoms with Gasteiger partial charge in [0.05, 0.1) is 7.11 Å². The van der Waals surface area contributed by atoms with Crippen molar-refractivity contribution in [3.63, 3.8) is 0 Å². The van der Waals surface area contributed by atoms with Crippen LogP contribution in [0, 0.1) is 12.8 Å². The van der Waals surface area contributed by atoms with Crippen LogP contribution in [0.2, 0.25) is 0 Å². The van der Waals surface area contributed by atoms with Crippen molar-refractivity contribution in [2.24, 2.45) is 5.92 Å². The molecule has 1 aliphatic carbocycles. The molecule has 5 nitrogen and oxygen atoms in total. The zero-order chi connectivity index (χ0) is 24.4. The average molecular weight is 465 g/mol. The normalized spacial score (nSPS) is 14.2. The molecule has 2 aromatic carbocycles. The van der Waals surface area contributed by atoms with Gasteiger partial charge < -0.3 is 13.9 Å². The predicted molar refractivity (Wildman–Crippen MR) is 138 cm³/mol. The Kier molecular flexibility index (Phi) is 6.23. The van der Waals surface area contributed by atoms with Crippen molar-refractivity contribution in [3.8, 4) is 11.5 Å². The Hall–Kier alpha value is -4.12. The van der Waals surface area contributed by atoms with E-state index in [9.17, 15) is 4.79 Å². The quantitative estimate of drug-likeness (QED) is 0.136. The van der Waals surface area contributed by atoms with Gasteiger partial charge in [0, 0.05) is 30.2 Å². The van der Waals surface area contributed by atoms with Crippen LogP contribution in [0.15, 0.2) is 85.8 Å². The highest BCUT2D eigenvalue weighted by molar-refractivity contribution is 6.02. The fourth-order valence-corrected chi connectivity index (χ4v) is 4.76. The molecular formula is C30H28N2O3. The Balaban J connectivity index is 1.83. The van der Waals surface area contributed by atoms with Crippen molar-refractivity contribution in [3.05, 3.63) is 108 Å². The molecular weight excluding hydrogens is 436 g/mol. The summed E-state index contributed by atoms with van der Waals surface area (Å²) < 4.78 is 13.2. The average Bonchev–Trinajstić information content (AvgIpc) is 3.31. The molecule has 4 aromatic rings. The third-order valence-electron chi connectivity index (χ3n) is 6.72. The minimum Gasteiger partial charge on any atom is -0.497 e. The number of methoxy groups -OCH3 is 1. The lowest BCUT2D eigenvalue weighted by molar-refractivity contribution is -0.128. The number of pyridine rings is 1. The first-order valence-electron chi connectivity index (χ1n) is 11.8. The van der Waals surface area contributed by atoms with Crippen LogP contribution in [0.5, 0.6) is 11.5 Å². The van der Waals surface area contributed by atoms with Crippen LogP contribution in [-0.4, -0.2) is 22.5 Å². The highest BCUT2D eigenvalue weighted by Gasteiger charge is 2.29. The second kappa shape index (κ2) is 9.63. The van der Waals surface area contributed by atoms with Crippen molar-refractivity contribution in [2.75, 3.05) is 7.11 Å². The van der Waals surface area contributed by atoms with Crippen LogP contribution in [0.1, 0.15) is 41.5 Å². The summed E-state index contributed by atoms with van der Waals surface area (Å²) in [6, 6.07) is 18.1. The Morgan fingerprint density at radius 3 is 2.66 bits per heavy atom. The molecule has 35 heavy (non-hydrogen) atoms. The number of nitrogens with zero attached hydrogens (tertiary/aromatic N) is 2. The monoisotopic (exact) mass is 464 g/mol. The minimum atomic E-state index is -0.479. The molecule has 0 N–H and O–H groups in total. The summed E-state index contributed by atoms with van der Waals surface area (Å²) in [7, 11) is 1.69. The number of benzene rings is 2.